The molecule has 0 bridgehead atoms. The van der Waals surface area contributed by atoms with Crippen LogP contribution in [0.25, 0.3) is 21.8 Å². The molecule has 1 amide bonds. The Bertz CT molecular complexity index is 1570. The minimum absolute atomic E-state index is 0.0419. The topological polar surface area (TPSA) is 126 Å². The van der Waals surface area contributed by atoms with Gasteiger partial charge in [0.1, 0.15) is 11.4 Å². The molecule has 1 aliphatic heterocycles. The Hall–Kier alpha value is -4.34. The number of amides is 1. The van der Waals surface area contributed by atoms with Crippen molar-refractivity contribution in [2.75, 3.05) is 39.9 Å². The molecule has 4 aromatic rings. The van der Waals surface area contributed by atoms with Gasteiger partial charge in [-0.1, -0.05) is 20.8 Å². The van der Waals surface area contributed by atoms with Gasteiger partial charge in [-0.15, -0.1) is 0 Å². The molecule has 208 valence electrons. The van der Waals surface area contributed by atoms with Gasteiger partial charge < -0.3 is 38.9 Å². The first-order chi connectivity index (χ1) is 18.8. The van der Waals surface area contributed by atoms with Crippen LogP contribution in [0.5, 0.6) is 23.0 Å². The van der Waals surface area contributed by atoms with Crippen molar-refractivity contribution in [3.8, 4) is 23.0 Å². The minimum Gasteiger partial charge on any atom is -0.506 e. The summed E-state index contributed by atoms with van der Waals surface area (Å²) < 4.78 is 21.5. The van der Waals surface area contributed by atoms with Crippen molar-refractivity contribution >= 4 is 39.4 Å². The maximum absolute atomic E-state index is 13.9. The molecule has 2 aromatic heterocycles. The normalized spacial score (nSPS) is 14.2. The van der Waals surface area contributed by atoms with Crippen LogP contribution in [0, 0.1) is 6.92 Å². The Morgan fingerprint density at radius 2 is 1.69 bits per heavy atom. The average Bonchev–Trinajstić information content (AvgIpc) is 3.65. The molecule has 2 aromatic carbocycles. The Labute approximate surface area is 226 Å². The number of esters is 1. The number of fused-ring (bicyclic) bond motifs is 4. The second-order valence-corrected chi connectivity index (χ2v) is 9.01. The highest BCUT2D eigenvalue weighted by Crippen LogP contribution is 2.48. The molecule has 39 heavy (non-hydrogen) atoms. The summed E-state index contributed by atoms with van der Waals surface area (Å²) in [6.07, 6.45) is 0.733. The number of hydrogen-bond acceptors (Lipinski definition) is 7. The zero-order valence-corrected chi connectivity index (χ0v) is 23.6. The van der Waals surface area contributed by atoms with E-state index in [0.29, 0.717) is 62.9 Å². The fourth-order valence-corrected chi connectivity index (χ4v) is 5.43. The molecule has 1 aliphatic rings. The van der Waals surface area contributed by atoms with Gasteiger partial charge >= 0.3 is 5.97 Å². The van der Waals surface area contributed by atoms with E-state index in [1.165, 1.54) is 28.4 Å². The fourth-order valence-electron chi connectivity index (χ4n) is 5.43. The Morgan fingerprint density at radius 1 is 1.00 bits per heavy atom. The largest absolute Gasteiger partial charge is 0.506 e. The van der Waals surface area contributed by atoms with Gasteiger partial charge in [-0.3, -0.25) is 4.79 Å². The summed E-state index contributed by atoms with van der Waals surface area (Å²) in [5.74, 6) is 0.457. The quantitative estimate of drug-likeness (QED) is 0.271. The standard InChI is InChI=1S/C27H29N3O7.C2H6/c1-7-13-11-30(16-10-17(31)23-21(20(13)16)19(12(2)28-23)27(33)37-6)26(32)15-8-14-9-18(34-3)24(35-4)25(36-5)22(14)29-15;1-2/h8-10,13,28-29,31H,7,11H2,1-6H3;1-2H3. The molecule has 3 heterocycles. The molecule has 0 radical (unpaired) electrons. The van der Waals surface area contributed by atoms with Crippen LogP contribution in [0.2, 0.25) is 0 Å². The summed E-state index contributed by atoms with van der Waals surface area (Å²) in [6.45, 7) is 8.19. The van der Waals surface area contributed by atoms with Gasteiger partial charge in [0, 0.05) is 35.0 Å². The molecule has 3 N–H and O–H groups in total. The van der Waals surface area contributed by atoms with Crippen LogP contribution in [-0.2, 0) is 4.74 Å². The number of aromatic nitrogens is 2. The van der Waals surface area contributed by atoms with Crippen molar-refractivity contribution in [2.24, 2.45) is 0 Å². The maximum atomic E-state index is 13.9. The molecule has 0 aliphatic carbocycles. The van der Waals surface area contributed by atoms with Crippen LogP contribution < -0.4 is 19.1 Å². The van der Waals surface area contributed by atoms with E-state index < -0.39 is 5.97 Å². The number of phenolic OH excluding ortho intramolecular Hbond substituents is 1. The average molecular weight is 538 g/mol. The van der Waals surface area contributed by atoms with Gasteiger partial charge in [0.05, 0.1) is 50.7 Å². The lowest BCUT2D eigenvalue weighted by Crippen LogP contribution is -2.30. The summed E-state index contributed by atoms with van der Waals surface area (Å²) in [6, 6.07) is 5.09. The molecular weight excluding hydrogens is 502 g/mol. The third-order valence-corrected chi connectivity index (χ3v) is 7.14. The van der Waals surface area contributed by atoms with Crippen LogP contribution in [0.4, 0.5) is 5.69 Å². The third-order valence-electron chi connectivity index (χ3n) is 7.14. The number of aromatic hydroxyl groups is 1. The van der Waals surface area contributed by atoms with E-state index >= 15 is 0 Å². The number of benzene rings is 2. The number of phenols is 1. The van der Waals surface area contributed by atoms with Crippen molar-refractivity contribution in [3.63, 3.8) is 0 Å². The number of nitrogens with one attached hydrogen (secondary N) is 2. The number of anilines is 1. The lowest BCUT2D eigenvalue weighted by molar-refractivity contribution is 0.0602. The van der Waals surface area contributed by atoms with E-state index in [1.54, 1.807) is 30.0 Å². The summed E-state index contributed by atoms with van der Waals surface area (Å²) in [5, 5.41) is 12.2. The van der Waals surface area contributed by atoms with Gasteiger partial charge in [-0.2, -0.15) is 0 Å². The zero-order valence-electron chi connectivity index (χ0n) is 23.6. The second kappa shape index (κ2) is 10.8. The van der Waals surface area contributed by atoms with Crippen LogP contribution in [0.3, 0.4) is 0 Å². The highest BCUT2D eigenvalue weighted by Gasteiger charge is 2.37. The molecule has 5 rings (SSSR count). The summed E-state index contributed by atoms with van der Waals surface area (Å²) in [5.41, 5.74) is 3.76. The van der Waals surface area contributed by atoms with E-state index in [4.69, 9.17) is 18.9 Å². The minimum atomic E-state index is -0.498. The summed E-state index contributed by atoms with van der Waals surface area (Å²) >= 11 is 0. The van der Waals surface area contributed by atoms with Crippen molar-refractivity contribution in [1.82, 2.24) is 9.97 Å². The predicted octanol–water partition coefficient (Wildman–Crippen LogP) is 5.66. The molecule has 0 fully saturated rings. The zero-order chi connectivity index (χ0) is 28.6. The van der Waals surface area contributed by atoms with E-state index in [2.05, 4.69) is 9.97 Å². The van der Waals surface area contributed by atoms with Crippen LogP contribution in [0.15, 0.2) is 18.2 Å². The number of H-pyrrole nitrogens is 2. The van der Waals surface area contributed by atoms with Gasteiger partial charge in [0.2, 0.25) is 5.75 Å². The van der Waals surface area contributed by atoms with Crippen molar-refractivity contribution in [3.05, 3.63) is 40.7 Å². The molecule has 1 atom stereocenters. The Morgan fingerprint density at radius 3 is 2.28 bits per heavy atom. The Kier molecular flexibility index (Phi) is 7.67. The first-order valence-electron chi connectivity index (χ1n) is 12.9. The molecule has 0 saturated carbocycles. The molecule has 1 unspecified atom stereocenters. The predicted molar refractivity (Wildman–Crippen MR) is 150 cm³/mol. The molecule has 0 saturated heterocycles. The van der Waals surface area contributed by atoms with Crippen LogP contribution in [0.1, 0.15) is 65.2 Å². The maximum Gasteiger partial charge on any atom is 0.340 e. The second-order valence-electron chi connectivity index (χ2n) is 9.01. The van der Waals surface area contributed by atoms with Gasteiger partial charge in [-0.05, 0) is 31.0 Å². The number of methoxy groups -OCH3 is 4. The van der Waals surface area contributed by atoms with Gasteiger partial charge in [-0.25, -0.2) is 4.79 Å². The molecular formula is C29H35N3O7. The molecule has 10 nitrogen and oxygen atoms in total. The fraction of sp³-hybridized carbons (Fsp3) is 0.379. The van der Waals surface area contributed by atoms with E-state index in [-0.39, 0.29) is 17.6 Å². The van der Waals surface area contributed by atoms with Crippen LogP contribution >= 0.6 is 0 Å². The number of ether oxygens (including phenoxy) is 4. The van der Waals surface area contributed by atoms with Crippen molar-refractivity contribution in [1.29, 1.82) is 0 Å². The lowest BCUT2D eigenvalue weighted by atomic mass is 9.93. The summed E-state index contributed by atoms with van der Waals surface area (Å²) in [4.78, 5) is 34.5. The smallest absolute Gasteiger partial charge is 0.340 e. The molecule has 10 heteroatoms. The van der Waals surface area contributed by atoms with E-state index in [9.17, 15) is 14.7 Å². The number of aryl methyl sites for hydroxylation is 1. The number of nitrogens with zero attached hydrogens (tertiary/aromatic N) is 1. The van der Waals surface area contributed by atoms with Gasteiger partial charge in [0.25, 0.3) is 5.91 Å². The van der Waals surface area contributed by atoms with E-state index in [0.717, 1.165) is 17.4 Å². The Balaban J connectivity index is 0.00000172. The van der Waals surface area contributed by atoms with Crippen LogP contribution in [-0.4, -0.2) is 61.9 Å². The SMILES string of the molecule is CC.CCC1CN(C(=O)c2cc3cc(OC)c(OC)c(OC)c3[nH]2)c2cc(O)c3[nH]c(C)c(C(=O)OC)c3c21. The number of carbonyl (C=O) groups is 2. The number of aromatic amines is 2. The number of rotatable bonds is 6. The van der Waals surface area contributed by atoms with Crippen molar-refractivity contribution < 1.29 is 33.6 Å². The monoisotopic (exact) mass is 537 g/mol. The first-order valence-corrected chi connectivity index (χ1v) is 12.9. The number of carbonyl (C=O) groups excluding carboxylic acids is 2. The lowest BCUT2D eigenvalue weighted by Gasteiger charge is -2.17. The summed E-state index contributed by atoms with van der Waals surface area (Å²) in [7, 11) is 5.90. The first kappa shape index (κ1) is 27.7. The van der Waals surface area contributed by atoms with Gasteiger partial charge in [0.15, 0.2) is 11.5 Å². The third kappa shape index (κ3) is 4.20. The molecule has 0 spiro atoms. The number of hydrogen-bond donors (Lipinski definition) is 3. The van der Waals surface area contributed by atoms with Crippen molar-refractivity contribution in [2.45, 2.75) is 40.0 Å². The highest BCUT2D eigenvalue weighted by molar-refractivity contribution is 6.15. The van der Waals surface area contributed by atoms with E-state index in [1.807, 2.05) is 20.8 Å². The highest BCUT2D eigenvalue weighted by atomic mass is 16.5.